The average Bonchev–Trinajstić information content (AvgIpc) is 2.92. The molecule has 0 fully saturated rings. The van der Waals surface area contributed by atoms with Gasteiger partial charge in [-0.2, -0.15) is 0 Å². The first-order chi connectivity index (χ1) is 17.2. The third-order valence-electron chi connectivity index (χ3n) is 6.30. The second-order valence-corrected chi connectivity index (χ2v) is 8.49. The molecule has 4 heteroatoms. The van der Waals surface area contributed by atoms with Gasteiger partial charge in [-0.25, -0.2) is 4.98 Å². The molecule has 6 aromatic rings. The summed E-state index contributed by atoms with van der Waals surface area (Å²) in [6.07, 6.45) is 7.55. The van der Waals surface area contributed by atoms with Crippen molar-refractivity contribution in [2.24, 2.45) is 0 Å². The van der Waals surface area contributed by atoms with Gasteiger partial charge in [0.15, 0.2) is 0 Å². The molecule has 166 valence electrons. The highest BCUT2D eigenvalue weighted by atomic mass is 14.8. The zero-order valence-electron chi connectivity index (χ0n) is 19.0. The number of hydrogen-bond donors (Lipinski definition) is 1. The Labute approximate surface area is 203 Å². The summed E-state index contributed by atoms with van der Waals surface area (Å²) in [6.45, 7) is 4.24. The summed E-state index contributed by atoms with van der Waals surface area (Å²) in [5.41, 5.74) is 14.5. The van der Waals surface area contributed by atoms with Gasteiger partial charge in [-0.05, 0) is 34.9 Å². The molecule has 0 spiro atoms. The van der Waals surface area contributed by atoms with Crippen molar-refractivity contribution in [3.8, 4) is 11.3 Å². The Morgan fingerprint density at radius 3 is 2.09 bits per heavy atom. The average molecular weight is 451 g/mol. The quantitative estimate of drug-likeness (QED) is 0.174. The number of fused-ring (bicyclic) bond motifs is 4. The first-order valence-corrected chi connectivity index (χ1v) is 11.4. The Bertz CT molecular complexity index is 1770. The van der Waals surface area contributed by atoms with Crippen LogP contribution in [0.25, 0.3) is 55.6 Å². The number of anilines is 1. The molecule has 35 heavy (non-hydrogen) atoms. The van der Waals surface area contributed by atoms with E-state index in [9.17, 15) is 0 Å². The van der Waals surface area contributed by atoms with E-state index in [0.29, 0.717) is 5.69 Å². The maximum Gasteiger partial charge on any atom is 0.0972 e. The molecule has 6 rings (SSSR count). The van der Waals surface area contributed by atoms with Gasteiger partial charge < -0.3 is 5.73 Å². The number of aromatic nitrogens is 3. The van der Waals surface area contributed by atoms with Crippen LogP contribution in [0.2, 0.25) is 0 Å². The molecule has 0 aliphatic heterocycles. The van der Waals surface area contributed by atoms with Gasteiger partial charge >= 0.3 is 0 Å². The summed E-state index contributed by atoms with van der Waals surface area (Å²) in [5.74, 6) is 0. The molecule has 0 unspecified atom stereocenters. The Hall–Kier alpha value is -4.83. The monoisotopic (exact) mass is 450 g/mol. The molecule has 3 aromatic carbocycles. The number of hydrogen-bond acceptors (Lipinski definition) is 4. The van der Waals surface area contributed by atoms with Gasteiger partial charge in [-0.15, -0.1) is 0 Å². The number of nitrogens with zero attached hydrogens (tertiary/aromatic N) is 3. The van der Waals surface area contributed by atoms with Gasteiger partial charge in [-0.3, -0.25) is 9.97 Å². The van der Waals surface area contributed by atoms with E-state index >= 15 is 0 Å². The molecule has 0 aliphatic rings. The highest BCUT2D eigenvalue weighted by Gasteiger charge is 2.07. The van der Waals surface area contributed by atoms with E-state index in [4.69, 9.17) is 10.7 Å². The van der Waals surface area contributed by atoms with E-state index in [1.54, 1.807) is 6.20 Å². The molecule has 3 heterocycles. The standard InChI is InChI=1S/C31H22N4/c1-20(6-7-23-12-13-24-4-2-18-33-29(24)28(23)32)21-8-10-22(11-9-21)27-17-16-26-15-14-25-5-3-19-34-30(25)31(26)35-27/h2-19H,1,32H2/b7-6-. The zero-order chi connectivity index (χ0) is 23.8. The fourth-order valence-electron chi connectivity index (χ4n) is 4.35. The minimum Gasteiger partial charge on any atom is -0.396 e. The second-order valence-electron chi connectivity index (χ2n) is 8.49. The summed E-state index contributed by atoms with van der Waals surface area (Å²) in [4.78, 5) is 13.9. The van der Waals surface area contributed by atoms with Crippen molar-refractivity contribution in [1.29, 1.82) is 0 Å². The predicted octanol–water partition coefficient (Wildman–Crippen LogP) is 7.31. The lowest BCUT2D eigenvalue weighted by Crippen LogP contribution is -1.93. The normalized spacial score (nSPS) is 11.5. The first-order valence-electron chi connectivity index (χ1n) is 11.4. The number of rotatable bonds is 4. The van der Waals surface area contributed by atoms with Crippen molar-refractivity contribution in [1.82, 2.24) is 15.0 Å². The van der Waals surface area contributed by atoms with Crippen LogP contribution in [0.3, 0.4) is 0 Å². The number of nitrogens with two attached hydrogens (primary N) is 1. The Morgan fingerprint density at radius 2 is 1.31 bits per heavy atom. The molecule has 0 radical (unpaired) electrons. The summed E-state index contributed by atoms with van der Waals surface area (Å²) in [5, 5.41) is 3.20. The molecule has 0 atom stereocenters. The van der Waals surface area contributed by atoms with E-state index in [1.165, 1.54) is 0 Å². The van der Waals surface area contributed by atoms with E-state index in [2.05, 4.69) is 71.1 Å². The van der Waals surface area contributed by atoms with Crippen LogP contribution in [0.1, 0.15) is 11.1 Å². The number of nitrogen functional groups attached to an aromatic ring is 1. The zero-order valence-corrected chi connectivity index (χ0v) is 19.0. The van der Waals surface area contributed by atoms with Crippen LogP contribution in [0.15, 0.2) is 110 Å². The largest absolute Gasteiger partial charge is 0.396 e. The van der Waals surface area contributed by atoms with Crippen molar-refractivity contribution in [3.63, 3.8) is 0 Å². The van der Waals surface area contributed by atoms with Gasteiger partial charge in [-0.1, -0.05) is 85.5 Å². The van der Waals surface area contributed by atoms with Gasteiger partial charge in [0.2, 0.25) is 0 Å². The fraction of sp³-hybridized carbons (Fsp3) is 0. The van der Waals surface area contributed by atoms with Gasteiger partial charge in [0.25, 0.3) is 0 Å². The Balaban J connectivity index is 1.28. The third kappa shape index (κ3) is 3.81. The van der Waals surface area contributed by atoms with Crippen LogP contribution in [-0.4, -0.2) is 15.0 Å². The first kappa shape index (κ1) is 20.8. The lowest BCUT2D eigenvalue weighted by Gasteiger charge is -2.08. The molecule has 0 amide bonds. The van der Waals surface area contributed by atoms with E-state index in [0.717, 1.165) is 60.7 Å². The summed E-state index contributed by atoms with van der Waals surface area (Å²) in [7, 11) is 0. The van der Waals surface area contributed by atoms with Crippen LogP contribution in [0.5, 0.6) is 0 Å². The molecule has 0 saturated heterocycles. The highest BCUT2D eigenvalue weighted by Crippen LogP contribution is 2.28. The van der Waals surface area contributed by atoms with E-state index in [-0.39, 0.29) is 0 Å². The van der Waals surface area contributed by atoms with Crippen LogP contribution >= 0.6 is 0 Å². The summed E-state index contributed by atoms with van der Waals surface area (Å²) in [6, 6.07) is 28.6. The SMILES string of the molecule is C=C(/C=C\c1ccc2cccnc2c1N)c1ccc(-c2ccc3ccc4cccnc4c3n2)cc1. The maximum absolute atomic E-state index is 6.35. The van der Waals surface area contributed by atoms with Crippen LogP contribution < -0.4 is 5.73 Å². The Kier molecular flexibility index (Phi) is 5.04. The van der Waals surface area contributed by atoms with Crippen molar-refractivity contribution < 1.29 is 0 Å². The smallest absolute Gasteiger partial charge is 0.0972 e. The molecule has 0 aliphatic carbocycles. The Morgan fingerprint density at radius 1 is 0.686 bits per heavy atom. The number of allylic oxidation sites excluding steroid dienone is 2. The molecule has 0 saturated carbocycles. The lowest BCUT2D eigenvalue weighted by molar-refractivity contribution is 1.37. The third-order valence-corrected chi connectivity index (χ3v) is 6.30. The molecule has 3 aromatic heterocycles. The second kappa shape index (κ2) is 8.50. The molecule has 2 N–H and O–H groups in total. The van der Waals surface area contributed by atoms with E-state index < -0.39 is 0 Å². The summed E-state index contributed by atoms with van der Waals surface area (Å²) < 4.78 is 0. The van der Waals surface area contributed by atoms with Gasteiger partial charge in [0.05, 0.1) is 27.9 Å². The predicted molar refractivity (Wildman–Crippen MR) is 147 cm³/mol. The molecular weight excluding hydrogens is 428 g/mol. The fourth-order valence-corrected chi connectivity index (χ4v) is 4.35. The van der Waals surface area contributed by atoms with E-state index in [1.807, 2.05) is 48.7 Å². The minimum atomic E-state index is 0.673. The van der Waals surface area contributed by atoms with Crippen molar-refractivity contribution in [3.05, 3.63) is 121 Å². The van der Waals surface area contributed by atoms with Crippen LogP contribution in [0, 0.1) is 0 Å². The number of benzene rings is 3. The van der Waals surface area contributed by atoms with Crippen molar-refractivity contribution >= 4 is 50.0 Å². The van der Waals surface area contributed by atoms with Crippen molar-refractivity contribution in [2.75, 3.05) is 5.73 Å². The number of pyridine rings is 3. The summed E-state index contributed by atoms with van der Waals surface area (Å²) >= 11 is 0. The van der Waals surface area contributed by atoms with Crippen molar-refractivity contribution in [2.45, 2.75) is 0 Å². The van der Waals surface area contributed by atoms with Crippen LogP contribution in [0.4, 0.5) is 5.69 Å². The minimum absolute atomic E-state index is 0.673. The highest BCUT2D eigenvalue weighted by molar-refractivity contribution is 6.03. The van der Waals surface area contributed by atoms with Crippen LogP contribution in [-0.2, 0) is 0 Å². The lowest BCUT2D eigenvalue weighted by atomic mass is 10.0. The maximum atomic E-state index is 6.35. The van der Waals surface area contributed by atoms with Gasteiger partial charge in [0, 0.05) is 34.1 Å². The topological polar surface area (TPSA) is 64.7 Å². The molecular formula is C31H22N4. The molecule has 4 nitrogen and oxygen atoms in total. The molecule has 0 bridgehead atoms. The van der Waals surface area contributed by atoms with Gasteiger partial charge in [0.1, 0.15) is 0 Å².